The molecule has 8 heteroatoms. The minimum Gasteiger partial charge on any atom is -0.369 e. The Morgan fingerprint density at radius 3 is 2.96 bits per heavy atom. The van der Waals surface area contributed by atoms with Crippen LogP contribution in [-0.4, -0.2) is 37.0 Å². The van der Waals surface area contributed by atoms with E-state index in [0.29, 0.717) is 17.9 Å². The van der Waals surface area contributed by atoms with Crippen LogP contribution >= 0.6 is 0 Å². The van der Waals surface area contributed by atoms with Gasteiger partial charge in [0.25, 0.3) is 5.91 Å². The maximum absolute atomic E-state index is 12.6. The summed E-state index contributed by atoms with van der Waals surface area (Å²) in [6.45, 7) is 4.21. The number of amides is 1. The number of rotatable bonds is 4. The van der Waals surface area contributed by atoms with E-state index in [4.69, 9.17) is 4.74 Å². The maximum atomic E-state index is 12.6. The van der Waals surface area contributed by atoms with Crippen molar-refractivity contribution in [3.8, 4) is 5.69 Å². The lowest BCUT2D eigenvalue weighted by atomic mass is 9.99. The number of carbonyl (C=O) groups excluding carboxylic acids is 1. The molecule has 4 rings (SSSR count). The Bertz CT molecular complexity index is 917. The largest absolute Gasteiger partial charge is 0.369 e. The fourth-order valence-electron chi connectivity index (χ4n) is 3.29. The van der Waals surface area contributed by atoms with E-state index < -0.39 is 0 Å². The van der Waals surface area contributed by atoms with E-state index in [0.717, 1.165) is 16.9 Å². The Morgan fingerprint density at radius 2 is 2.15 bits per heavy atom. The number of para-hydroxylation sites is 1. The number of hydrogen-bond acceptors (Lipinski definition) is 5. The summed E-state index contributed by atoms with van der Waals surface area (Å²) in [4.78, 5) is 12.6. The maximum Gasteiger partial charge on any atom is 0.272 e. The molecule has 26 heavy (non-hydrogen) atoms. The molecule has 2 atom stereocenters. The molecule has 0 radical (unpaired) electrons. The van der Waals surface area contributed by atoms with Crippen LogP contribution in [0, 0.1) is 0 Å². The summed E-state index contributed by atoms with van der Waals surface area (Å²) in [7, 11) is 0. The normalized spacial score (nSPS) is 19.2. The molecule has 2 aromatic heterocycles. The summed E-state index contributed by atoms with van der Waals surface area (Å²) >= 11 is 0. The molecule has 1 aliphatic rings. The van der Waals surface area contributed by atoms with Crippen molar-refractivity contribution in [2.75, 3.05) is 0 Å². The molecule has 1 amide bonds. The van der Waals surface area contributed by atoms with Crippen LogP contribution < -0.4 is 5.32 Å². The second-order valence-corrected chi connectivity index (χ2v) is 6.39. The third-order valence-corrected chi connectivity index (χ3v) is 4.51. The number of benzene rings is 1. The van der Waals surface area contributed by atoms with Crippen molar-refractivity contribution < 1.29 is 9.53 Å². The molecule has 2 N–H and O–H groups in total. The van der Waals surface area contributed by atoms with Gasteiger partial charge in [0.1, 0.15) is 6.33 Å². The average Bonchev–Trinajstić information content (AvgIpc) is 3.27. The van der Waals surface area contributed by atoms with Gasteiger partial charge >= 0.3 is 0 Å². The molecule has 1 aliphatic heterocycles. The zero-order chi connectivity index (χ0) is 18.1. The highest BCUT2D eigenvalue weighted by Gasteiger charge is 2.29. The smallest absolute Gasteiger partial charge is 0.272 e. The van der Waals surface area contributed by atoms with E-state index in [-0.39, 0.29) is 24.7 Å². The van der Waals surface area contributed by atoms with Crippen LogP contribution in [0.2, 0.25) is 0 Å². The summed E-state index contributed by atoms with van der Waals surface area (Å²) in [5.41, 5.74) is 3.17. The van der Waals surface area contributed by atoms with E-state index in [2.05, 4.69) is 25.7 Å². The molecule has 8 nitrogen and oxygen atoms in total. The third kappa shape index (κ3) is 2.99. The van der Waals surface area contributed by atoms with Gasteiger partial charge in [-0.2, -0.15) is 5.10 Å². The van der Waals surface area contributed by atoms with Gasteiger partial charge in [0.15, 0.2) is 11.5 Å². The first-order valence-corrected chi connectivity index (χ1v) is 8.58. The topological polar surface area (TPSA) is 97.7 Å². The molecule has 3 heterocycles. The fraction of sp³-hybridized carbons (Fsp3) is 0.333. The number of H-pyrrole nitrogens is 1. The first kappa shape index (κ1) is 16.5. The Morgan fingerprint density at radius 1 is 1.35 bits per heavy atom. The molecule has 0 spiro atoms. The highest BCUT2D eigenvalue weighted by Crippen LogP contribution is 2.30. The predicted octanol–water partition coefficient (Wildman–Crippen LogP) is 1.94. The number of aromatic nitrogens is 5. The number of nitrogens with zero attached hydrogens (tertiary/aromatic N) is 4. The molecular formula is C18H20N6O2. The van der Waals surface area contributed by atoms with Gasteiger partial charge in [-0.3, -0.25) is 14.5 Å². The average molecular weight is 352 g/mol. The quantitative estimate of drug-likeness (QED) is 0.748. The minimum atomic E-state index is -0.230. The van der Waals surface area contributed by atoms with Gasteiger partial charge in [-0.05, 0) is 26.0 Å². The molecule has 0 fully saturated rings. The second kappa shape index (κ2) is 6.72. The van der Waals surface area contributed by atoms with Crippen molar-refractivity contribution in [1.29, 1.82) is 0 Å². The van der Waals surface area contributed by atoms with Gasteiger partial charge in [0, 0.05) is 17.7 Å². The van der Waals surface area contributed by atoms with Gasteiger partial charge in [-0.1, -0.05) is 18.2 Å². The summed E-state index contributed by atoms with van der Waals surface area (Å²) in [6.07, 6.45) is 2.26. The lowest BCUT2D eigenvalue weighted by molar-refractivity contribution is -0.00697. The first-order valence-electron chi connectivity index (χ1n) is 8.58. The summed E-state index contributed by atoms with van der Waals surface area (Å²) < 4.78 is 7.61. The SMILES string of the molecule is C[C@@H]1Cc2c(C(=O)NCc3nncn3-c3ccccc3)n[nH]c2[C@H](C)O1. The summed E-state index contributed by atoms with van der Waals surface area (Å²) in [5, 5.41) is 18.1. The highest BCUT2D eigenvalue weighted by atomic mass is 16.5. The van der Waals surface area contributed by atoms with Crippen molar-refractivity contribution in [1.82, 2.24) is 30.3 Å². The summed E-state index contributed by atoms with van der Waals surface area (Å²) in [6, 6.07) is 9.75. The van der Waals surface area contributed by atoms with Crippen LogP contribution in [0.25, 0.3) is 5.69 Å². The van der Waals surface area contributed by atoms with Crippen LogP contribution in [0.1, 0.15) is 47.5 Å². The van der Waals surface area contributed by atoms with Crippen LogP contribution in [0.15, 0.2) is 36.7 Å². The Balaban J connectivity index is 1.51. The minimum absolute atomic E-state index is 0.0582. The molecular weight excluding hydrogens is 332 g/mol. The standard InChI is InChI=1S/C18H20N6O2/c1-11-8-14-16(12(2)26-11)22-23-17(14)18(25)19-9-15-21-20-10-24(15)13-6-4-3-5-7-13/h3-7,10-12H,8-9H2,1-2H3,(H,19,25)(H,22,23)/t11-,12+/m1/s1. The molecule has 0 aliphatic carbocycles. The van der Waals surface area contributed by atoms with Crippen LogP contribution in [0.5, 0.6) is 0 Å². The van der Waals surface area contributed by atoms with Gasteiger partial charge in [0.05, 0.1) is 24.4 Å². The number of aromatic amines is 1. The molecule has 1 aromatic carbocycles. The van der Waals surface area contributed by atoms with Gasteiger partial charge in [-0.25, -0.2) is 0 Å². The van der Waals surface area contributed by atoms with Crippen molar-refractivity contribution >= 4 is 5.91 Å². The van der Waals surface area contributed by atoms with E-state index >= 15 is 0 Å². The van der Waals surface area contributed by atoms with E-state index in [1.165, 1.54) is 0 Å². The summed E-state index contributed by atoms with van der Waals surface area (Å²) in [5.74, 6) is 0.422. The molecule has 0 saturated carbocycles. The van der Waals surface area contributed by atoms with Crippen molar-refractivity contribution in [2.45, 2.75) is 39.0 Å². The monoisotopic (exact) mass is 352 g/mol. The molecule has 0 bridgehead atoms. The van der Waals surface area contributed by atoms with Crippen molar-refractivity contribution in [3.05, 3.63) is 59.4 Å². The van der Waals surface area contributed by atoms with Gasteiger partial charge in [-0.15, -0.1) is 10.2 Å². The zero-order valence-electron chi connectivity index (χ0n) is 14.6. The molecule has 0 unspecified atom stereocenters. The van der Waals surface area contributed by atoms with Crippen molar-refractivity contribution in [3.63, 3.8) is 0 Å². The second-order valence-electron chi connectivity index (χ2n) is 6.39. The first-order chi connectivity index (χ1) is 12.6. The van der Waals surface area contributed by atoms with E-state index in [1.807, 2.05) is 48.7 Å². The lowest BCUT2D eigenvalue weighted by Crippen LogP contribution is -2.28. The number of carbonyl (C=O) groups is 1. The molecule has 134 valence electrons. The number of hydrogen-bond donors (Lipinski definition) is 2. The van der Waals surface area contributed by atoms with Gasteiger partial charge < -0.3 is 10.1 Å². The zero-order valence-corrected chi connectivity index (χ0v) is 14.6. The van der Waals surface area contributed by atoms with Crippen LogP contribution in [0.3, 0.4) is 0 Å². The number of ether oxygens (including phenoxy) is 1. The Hall–Kier alpha value is -3.00. The third-order valence-electron chi connectivity index (χ3n) is 4.51. The molecule has 0 saturated heterocycles. The highest BCUT2D eigenvalue weighted by molar-refractivity contribution is 5.94. The van der Waals surface area contributed by atoms with Gasteiger partial charge in [0.2, 0.25) is 0 Å². The lowest BCUT2D eigenvalue weighted by Gasteiger charge is -2.25. The fourth-order valence-corrected chi connectivity index (χ4v) is 3.29. The van der Waals surface area contributed by atoms with Crippen LogP contribution in [0.4, 0.5) is 0 Å². The van der Waals surface area contributed by atoms with Crippen molar-refractivity contribution in [2.24, 2.45) is 0 Å². The van der Waals surface area contributed by atoms with E-state index in [9.17, 15) is 4.79 Å². The molecule has 3 aromatic rings. The number of fused-ring (bicyclic) bond motifs is 1. The van der Waals surface area contributed by atoms with Crippen LogP contribution in [-0.2, 0) is 17.7 Å². The Labute approximate surface area is 150 Å². The predicted molar refractivity (Wildman–Crippen MR) is 93.8 cm³/mol. The number of nitrogens with one attached hydrogen (secondary N) is 2. The Kier molecular flexibility index (Phi) is 4.26. The van der Waals surface area contributed by atoms with E-state index in [1.54, 1.807) is 6.33 Å².